The average molecular weight is 255 g/mol. The van der Waals surface area contributed by atoms with Gasteiger partial charge in [0.1, 0.15) is 0 Å². The van der Waals surface area contributed by atoms with E-state index in [1.807, 2.05) is 6.92 Å². The quantitative estimate of drug-likeness (QED) is 0.477. The highest BCUT2D eigenvalue weighted by atomic mass is 28.2. The molecule has 2 heteroatoms. The van der Waals surface area contributed by atoms with Crippen LogP contribution in [0.3, 0.4) is 0 Å². The second-order valence-electron chi connectivity index (χ2n) is 4.20. The van der Waals surface area contributed by atoms with E-state index in [-0.39, 0.29) is 0 Å². The maximum atomic E-state index is 4.05. The minimum Gasteiger partial charge on any atom is -0.343 e. The first-order chi connectivity index (χ1) is 8.69. The van der Waals surface area contributed by atoms with Crippen LogP contribution in [0.4, 0.5) is 0 Å². The van der Waals surface area contributed by atoms with Gasteiger partial charge in [-0.1, -0.05) is 43.9 Å². The van der Waals surface area contributed by atoms with Crippen LogP contribution in [0.2, 0.25) is 13.1 Å². The largest absolute Gasteiger partial charge is 0.343 e. The molecule has 0 saturated heterocycles. The Morgan fingerprint density at radius 3 is 2.50 bits per heavy atom. The third-order valence-electron chi connectivity index (χ3n) is 2.53. The van der Waals surface area contributed by atoms with Crippen LogP contribution in [0, 0.1) is 0 Å². The summed E-state index contributed by atoms with van der Waals surface area (Å²) in [4.78, 5) is 0. The van der Waals surface area contributed by atoms with Crippen LogP contribution in [0.1, 0.15) is 12.5 Å². The highest BCUT2D eigenvalue weighted by Gasteiger charge is 2.15. The molecule has 0 atom stereocenters. The minimum absolute atomic E-state index is 0.961. The Kier molecular flexibility index (Phi) is 5.66. The van der Waals surface area contributed by atoms with Crippen molar-refractivity contribution in [3.63, 3.8) is 0 Å². The number of allylic oxidation sites excluding steroid dienone is 2. The molecule has 1 nitrogen and oxygen atoms in total. The molecule has 1 aliphatic heterocycles. The molecule has 0 aliphatic carbocycles. The molecule has 0 fully saturated rings. The first kappa shape index (κ1) is 14.5. The first-order valence-corrected chi connectivity index (χ1v) is 8.11. The molecule has 0 unspecified atom stereocenters. The molecule has 94 valence electrons. The third kappa shape index (κ3) is 3.02. The molecular weight excluding hydrogens is 234 g/mol. The van der Waals surface area contributed by atoms with Gasteiger partial charge in [0.2, 0.25) is 0 Å². The van der Waals surface area contributed by atoms with Crippen molar-refractivity contribution in [3.05, 3.63) is 55.3 Å². The van der Waals surface area contributed by atoms with Crippen molar-refractivity contribution in [2.75, 3.05) is 0 Å². The Hall–Kier alpha value is -1.54. The molecular formula is C16H21NSi. The van der Waals surface area contributed by atoms with E-state index in [1.54, 1.807) is 6.08 Å². The van der Waals surface area contributed by atoms with Gasteiger partial charge in [-0.25, -0.2) is 0 Å². The Morgan fingerprint density at radius 1 is 1.28 bits per heavy atom. The van der Waals surface area contributed by atoms with Gasteiger partial charge < -0.3 is 4.57 Å². The maximum Gasteiger partial charge on any atom is 0.0560 e. The van der Waals surface area contributed by atoms with Gasteiger partial charge in [0.05, 0.1) is 5.52 Å². The van der Waals surface area contributed by atoms with E-state index in [1.165, 1.54) is 22.0 Å². The molecule has 2 aromatic rings. The van der Waals surface area contributed by atoms with Crippen LogP contribution in [-0.4, -0.2) is 14.1 Å². The van der Waals surface area contributed by atoms with E-state index in [0.29, 0.717) is 0 Å². The van der Waals surface area contributed by atoms with Crippen LogP contribution in [0.15, 0.2) is 49.7 Å². The second-order valence-corrected chi connectivity index (χ2v) is 5.20. The van der Waals surface area contributed by atoms with Gasteiger partial charge in [0.15, 0.2) is 0 Å². The second kappa shape index (κ2) is 7.02. The zero-order chi connectivity index (χ0) is 13.5. The highest BCUT2D eigenvalue weighted by Crippen LogP contribution is 2.32. The van der Waals surface area contributed by atoms with Crippen molar-refractivity contribution in [3.8, 4) is 0 Å². The fourth-order valence-electron chi connectivity index (χ4n) is 1.97. The zero-order valence-corrected chi connectivity index (χ0v) is 12.5. The van der Waals surface area contributed by atoms with Gasteiger partial charge in [-0.05, 0) is 18.6 Å². The normalized spacial score (nSPS) is 11.4. The lowest BCUT2D eigenvalue weighted by Crippen LogP contribution is -1.85. The number of hydrogen-bond acceptors (Lipinski definition) is 0. The van der Waals surface area contributed by atoms with Gasteiger partial charge in [-0.2, -0.15) is 0 Å². The highest BCUT2D eigenvalue weighted by molar-refractivity contribution is 6.31. The maximum absolute atomic E-state index is 4.05. The Bertz CT molecular complexity index is 537. The van der Waals surface area contributed by atoms with Crippen molar-refractivity contribution in [2.24, 2.45) is 0 Å². The summed E-state index contributed by atoms with van der Waals surface area (Å²) >= 11 is 0. The number of para-hydroxylation sites is 1. The van der Waals surface area contributed by atoms with Crippen LogP contribution in [0.5, 0.6) is 0 Å². The van der Waals surface area contributed by atoms with Crippen LogP contribution in [-0.2, 0) is 6.54 Å². The molecule has 1 aliphatic rings. The molecule has 2 heterocycles. The molecule has 18 heavy (non-hydrogen) atoms. The predicted molar refractivity (Wildman–Crippen MR) is 84.3 cm³/mol. The lowest BCUT2D eigenvalue weighted by atomic mass is 10.1. The molecule has 0 bridgehead atoms. The van der Waals surface area contributed by atoms with Gasteiger partial charge >= 0.3 is 0 Å². The molecule has 2 radical (unpaired) electrons. The Balaban J connectivity index is 0.000000234. The Labute approximate surface area is 113 Å². The third-order valence-corrected chi connectivity index (χ3v) is 2.53. The number of hydrogen-bond donors (Lipinski definition) is 0. The van der Waals surface area contributed by atoms with E-state index < -0.39 is 0 Å². The van der Waals surface area contributed by atoms with Crippen LogP contribution >= 0.6 is 0 Å². The standard InChI is InChI=1S/C11H9N.C3H6.C2H6Si/c1-8-7-12-6-5-9-3-2-4-10(8)11(9)12;2*1-3-2/h2-6H,1,7H2;3H,1H2,2H3;1-2H3. The SMILES string of the molecule is C=C1Cn2ccc3cccc1c32.C=CC.C[Si]C. The topological polar surface area (TPSA) is 4.93 Å². The summed E-state index contributed by atoms with van der Waals surface area (Å²) in [5, 5.41) is 1.33. The molecule has 1 aromatic heterocycles. The number of rotatable bonds is 0. The van der Waals surface area contributed by atoms with Gasteiger partial charge in [0.25, 0.3) is 0 Å². The lowest BCUT2D eigenvalue weighted by molar-refractivity contribution is 0.909. The lowest BCUT2D eigenvalue weighted by Gasteiger charge is -1.94. The summed E-state index contributed by atoms with van der Waals surface area (Å²) in [6.45, 7) is 14.6. The summed E-state index contributed by atoms with van der Waals surface area (Å²) < 4.78 is 2.26. The molecule has 0 amide bonds. The summed E-state index contributed by atoms with van der Waals surface area (Å²) in [6, 6.07) is 8.55. The predicted octanol–water partition coefficient (Wildman–Crippen LogP) is 4.65. The molecule has 0 saturated carbocycles. The zero-order valence-electron chi connectivity index (χ0n) is 11.5. The molecule has 0 spiro atoms. The smallest absolute Gasteiger partial charge is 0.0560 e. The summed E-state index contributed by atoms with van der Waals surface area (Å²) in [5.74, 6) is 0. The van der Waals surface area contributed by atoms with Crippen molar-refractivity contribution in [1.82, 2.24) is 4.57 Å². The van der Waals surface area contributed by atoms with E-state index in [9.17, 15) is 0 Å². The average Bonchev–Trinajstić information content (AvgIpc) is 2.88. The fourth-order valence-corrected chi connectivity index (χ4v) is 1.97. The molecule has 1 aromatic carbocycles. The van der Waals surface area contributed by atoms with Crippen molar-refractivity contribution in [2.45, 2.75) is 26.6 Å². The van der Waals surface area contributed by atoms with Crippen molar-refractivity contribution >= 4 is 26.0 Å². The number of nitrogens with zero attached hydrogens (tertiary/aromatic N) is 1. The Morgan fingerprint density at radius 2 is 1.89 bits per heavy atom. The van der Waals surface area contributed by atoms with Gasteiger partial charge in [0, 0.05) is 33.2 Å². The van der Waals surface area contributed by atoms with Crippen molar-refractivity contribution in [1.29, 1.82) is 0 Å². The summed E-state index contributed by atoms with van der Waals surface area (Å²) in [6.07, 6.45) is 3.88. The van der Waals surface area contributed by atoms with Crippen molar-refractivity contribution < 1.29 is 0 Å². The fraction of sp³-hybridized carbons (Fsp3) is 0.250. The van der Waals surface area contributed by atoms with E-state index >= 15 is 0 Å². The number of aromatic nitrogens is 1. The van der Waals surface area contributed by atoms with E-state index in [2.05, 4.69) is 61.3 Å². The number of benzene rings is 1. The minimum atomic E-state index is 0.961. The first-order valence-electron chi connectivity index (χ1n) is 6.11. The van der Waals surface area contributed by atoms with Gasteiger partial charge in [-0.15, -0.1) is 6.58 Å². The monoisotopic (exact) mass is 255 g/mol. The van der Waals surface area contributed by atoms with E-state index in [4.69, 9.17) is 0 Å². The van der Waals surface area contributed by atoms with Crippen LogP contribution in [0.25, 0.3) is 16.5 Å². The van der Waals surface area contributed by atoms with E-state index in [0.717, 1.165) is 16.1 Å². The molecule has 3 rings (SSSR count). The molecule has 0 N–H and O–H groups in total. The van der Waals surface area contributed by atoms with Crippen LogP contribution < -0.4 is 0 Å². The summed E-state index contributed by atoms with van der Waals surface area (Å²) in [7, 11) is 1.08. The summed E-state index contributed by atoms with van der Waals surface area (Å²) in [5.41, 5.74) is 3.90. The van der Waals surface area contributed by atoms with Gasteiger partial charge in [-0.3, -0.25) is 0 Å².